The molecule has 0 bridgehead atoms. The van der Waals surface area contributed by atoms with Crippen molar-refractivity contribution in [3.8, 4) is 0 Å². The van der Waals surface area contributed by atoms with Gasteiger partial charge in [-0.15, -0.1) is 11.3 Å². The number of thiophene rings is 1. The van der Waals surface area contributed by atoms with E-state index in [1.165, 1.54) is 11.3 Å². The lowest BCUT2D eigenvalue weighted by atomic mass is 9.98. The number of nitrogens with one attached hydrogen (secondary N) is 2. The number of fused-ring (bicyclic) bond motifs is 1. The normalized spacial score (nSPS) is 20.1. The number of carbonyl (C=O) groups excluding carboxylic acids is 3. The van der Waals surface area contributed by atoms with Crippen LogP contribution in [-0.4, -0.2) is 47.9 Å². The first-order chi connectivity index (χ1) is 15.9. The molecule has 0 saturated heterocycles. The van der Waals surface area contributed by atoms with Gasteiger partial charge in [-0.05, 0) is 61.7 Å². The average Bonchev–Trinajstić information content (AvgIpc) is 3.45. The van der Waals surface area contributed by atoms with Crippen molar-refractivity contribution in [3.05, 3.63) is 46.2 Å². The van der Waals surface area contributed by atoms with Gasteiger partial charge in [0, 0.05) is 13.2 Å². The molecule has 4 rings (SSSR count). The standard InChI is InChI=1S/C23H28N4O5S/c24-22(31)23(26-20(29)19-8-4-13-33-19)25-17-14-15(9-10-18(17)27(23)11-5-12-28)21(30)32-16-6-2-1-3-7-16/h4,8-10,13-14,16,25,28H,1-3,5-7,11-12H2,(H2,24,31)(H,26,29). The Morgan fingerprint density at radius 3 is 2.70 bits per heavy atom. The number of hydrogen-bond acceptors (Lipinski definition) is 8. The minimum absolute atomic E-state index is 0.0803. The average molecular weight is 473 g/mol. The van der Waals surface area contributed by atoms with Gasteiger partial charge >= 0.3 is 5.97 Å². The van der Waals surface area contributed by atoms with Crippen LogP contribution in [0.15, 0.2) is 35.7 Å². The second-order valence-electron chi connectivity index (χ2n) is 8.26. The highest BCUT2D eigenvalue weighted by Crippen LogP contribution is 2.40. The van der Waals surface area contributed by atoms with Crippen molar-refractivity contribution in [2.45, 2.75) is 50.4 Å². The Kier molecular flexibility index (Phi) is 6.85. The molecule has 1 fully saturated rings. The summed E-state index contributed by atoms with van der Waals surface area (Å²) in [6.07, 6.45) is 5.25. The number of esters is 1. The zero-order valence-electron chi connectivity index (χ0n) is 18.2. The van der Waals surface area contributed by atoms with Crippen molar-refractivity contribution in [2.24, 2.45) is 5.73 Å². The van der Waals surface area contributed by atoms with Crippen molar-refractivity contribution >= 4 is 40.5 Å². The van der Waals surface area contributed by atoms with Gasteiger partial charge in [0.05, 0.1) is 21.8 Å². The number of anilines is 2. The first kappa shape index (κ1) is 23.1. The number of aliphatic hydroxyl groups excluding tert-OH is 1. The summed E-state index contributed by atoms with van der Waals surface area (Å²) in [5.74, 6) is -3.44. The summed E-state index contributed by atoms with van der Waals surface area (Å²) in [5.41, 5.74) is 7.19. The molecular weight excluding hydrogens is 444 g/mol. The summed E-state index contributed by atoms with van der Waals surface area (Å²) < 4.78 is 5.67. The van der Waals surface area contributed by atoms with E-state index in [9.17, 15) is 19.5 Å². The Balaban J connectivity index is 1.62. The summed E-state index contributed by atoms with van der Waals surface area (Å²) in [5, 5.41) is 16.9. The smallest absolute Gasteiger partial charge is 0.338 e. The third kappa shape index (κ3) is 4.67. The maximum atomic E-state index is 12.8. The van der Waals surface area contributed by atoms with Crippen LogP contribution in [0.3, 0.4) is 0 Å². The van der Waals surface area contributed by atoms with E-state index in [1.54, 1.807) is 40.6 Å². The lowest BCUT2D eigenvalue weighted by Gasteiger charge is -2.37. The Bertz CT molecular complexity index is 1020. The highest BCUT2D eigenvalue weighted by molar-refractivity contribution is 7.12. The van der Waals surface area contributed by atoms with Crippen LogP contribution in [0.4, 0.5) is 11.4 Å². The molecular formula is C23H28N4O5S. The molecule has 1 saturated carbocycles. The fourth-order valence-electron chi connectivity index (χ4n) is 4.35. The van der Waals surface area contributed by atoms with E-state index in [0.29, 0.717) is 28.2 Å². The Morgan fingerprint density at radius 1 is 1.24 bits per heavy atom. The SMILES string of the molecule is NC(=O)C1(NC(=O)c2cccs2)Nc2cc(C(=O)OC3CCCCC3)ccc2N1CCCO. The number of benzene rings is 1. The van der Waals surface area contributed by atoms with Crippen LogP contribution in [-0.2, 0) is 9.53 Å². The van der Waals surface area contributed by atoms with Crippen LogP contribution in [0.25, 0.3) is 0 Å². The van der Waals surface area contributed by atoms with Crippen molar-refractivity contribution < 1.29 is 24.2 Å². The predicted molar refractivity (Wildman–Crippen MR) is 125 cm³/mol. The molecule has 2 heterocycles. The number of nitrogens with two attached hydrogens (primary N) is 1. The number of carbonyl (C=O) groups is 3. The van der Waals surface area contributed by atoms with Crippen molar-refractivity contribution in [2.75, 3.05) is 23.4 Å². The van der Waals surface area contributed by atoms with Gasteiger partial charge in [-0.2, -0.15) is 0 Å². The summed E-state index contributed by atoms with van der Waals surface area (Å²) >= 11 is 1.24. The highest BCUT2D eigenvalue weighted by Gasteiger charge is 2.50. The van der Waals surface area contributed by atoms with Gasteiger partial charge in [-0.1, -0.05) is 12.5 Å². The zero-order valence-corrected chi connectivity index (χ0v) is 19.0. The molecule has 1 unspecified atom stereocenters. The summed E-state index contributed by atoms with van der Waals surface area (Å²) in [7, 11) is 0. The number of ether oxygens (including phenoxy) is 1. The molecule has 2 aliphatic rings. The highest BCUT2D eigenvalue weighted by atomic mass is 32.1. The van der Waals surface area contributed by atoms with Crippen LogP contribution in [0, 0.1) is 0 Å². The number of hydrogen-bond donors (Lipinski definition) is 4. The molecule has 1 atom stereocenters. The number of nitrogens with zero attached hydrogens (tertiary/aromatic N) is 1. The minimum atomic E-state index is -1.75. The second kappa shape index (κ2) is 9.80. The molecule has 2 aromatic rings. The molecule has 33 heavy (non-hydrogen) atoms. The maximum absolute atomic E-state index is 12.8. The number of rotatable bonds is 8. The van der Waals surface area contributed by atoms with E-state index in [2.05, 4.69) is 10.6 Å². The van der Waals surface area contributed by atoms with E-state index in [0.717, 1.165) is 32.1 Å². The van der Waals surface area contributed by atoms with Crippen molar-refractivity contribution in [1.29, 1.82) is 0 Å². The maximum Gasteiger partial charge on any atom is 0.338 e. The summed E-state index contributed by atoms with van der Waals surface area (Å²) in [6, 6.07) is 8.32. The zero-order chi connectivity index (χ0) is 23.4. The van der Waals surface area contributed by atoms with Crippen LogP contribution < -0.4 is 21.3 Å². The van der Waals surface area contributed by atoms with E-state index in [4.69, 9.17) is 10.5 Å². The minimum Gasteiger partial charge on any atom is -0.459 e. The molecule has 0 radical (unpaired) electrons. The number of aliphatic hydroxyl groups is 1. The number of amides is 2. The Hall–Kier alpha value is -3.11. The monoisotopic (exact) mass is 472 g/mol. The van der Waals surface area contributed by atoms with Crippen molar-refractivity contribution in [3.63, 3.8) is 0 Å². The van der Waals surface area contributed by atoms with Crippen LogP contribution in [0.1, 0.15) is 58.6 Å². The molecule has 1 aromatic carbocycles. The van der Waals surface area contributed by atoms with Gasteiger partial charge in [-0.25, -0.2) is 4.79 Å². The lowest BCUT2D eigenvalue weighted by molar-refractivity contribution is -0.123. The molecule has 10 heteroatoms. The van der Waals surface area contributed by atoms with Gasteiger partial charge in [0.1, 0.15) is 6.10 Å². The van der Waals surface area contributed by atoms with Gasteiger partial charge in [0.2, 0.25) is 0 Å². The van der Waals surface area contributed by atoms with Crippen LogP contribution >= 0.6 is 11.3 Å². The predicted octanol–water partition coefficient (Wildman–Crippen LogP) is 2.42. The van der Waals surface area contributed by atoms with E-state index < -0.39 is 23.6 Å². The van der Waals surface area contributed by atoms with Crippen LogP contribution in [0.2, 0.25) is 0 Å². The van der Waals surface area contributed by atoms with E-state index in [-0.39, 0.29) is 19.3 Å². The lowest BCUT2D eigenvalue weighted by Crippen LogP contribution is -2.70. The first-order valence-electron chi connectivity index (χ1n) is 11.1. The summed E-state index contributed by atoms with van der Waals surface area (Å²) in [4.78, 5) is 40.3. The van der Waals surface area contributed by atoms with E-state index >= 15 is 0 Å². The quantitative estimate of drug-likeness (QED) is 0.434. The van der Waals surface area contributed by atoms with Gasteiger partial charge < -0.3 is 31.1 Å². The summed E-state index contributed by atoms with van der Waals surface area (Å²) in [6.45, 7) is 0.140. The molecule has 1 aliphatic carbocycles. The molecule has 1 aromatic heterocycles. The van der Waals surface area contributed by atoms with Gasteiger partial charge in [0.15, 0.2) is 0 Å². The molecule has 176 valence electrons. The van der Waals surface area contributed by atoms with E-state index in [1.807, 2.05) is 0 Å². The second-order valence-corrected chi connectivity index (χ2v) is 9.20. The molecule has 9 nitrogen and oxygen atoms in total. The Morgan fingerprint density at radius 2 is 2.03 bits per heavy atom. The fourth-order valence-corrected chi connectivity index (χ4v) is 4.97. The van der Waals surface area contributed by atoms with Crippen LogP contribution in [0.5, 0.6) is 0 Å². The third-order valence-corrected chi connectivity index (χ3v) is 6.87. The van der Waals surface area contributed by atoms with Crippen molar-refractivity contribution in [1.82, 2.24) is 5.32 Å². The molecule has 2 amide bonds. The molecule has 1 aliphatic heterocycles. The fraction of sp³-hybridized carbons (Fsp3) is 0.435. The van der Waals surface area contributed by atoms with Gasteiger partial charge in [-0.3, -0.25) is 9.59 Å². The Labute approximate surface area is 195 Å². The largest absolute Gasteiger partial charge is 0.459 e. The first-order valence-corrected chi connectivity index (χ1v) is 12.0. The molecule has 0 spiro atoms. The molecule has 5 N–H and O–H groups in total. The third-order valence-electron chi connectivity index (χ3n) is 6.01. The number of primary amides is 1. The topological polar surface area (TPSA) is 134 Å². The van der Waals surface area contributed by atoms with Gasteiger partial charge in [0.25, 0.3) is 17.6 Å².